The number of para-hydroxylation sites is 1. The second-order valence-electron chi connectivity index (χ2n) is 5.32. The van der Waals surface area contributed by atoms with E-state index in [9.17, 15) is 8.42 Å². The van der Waals surface area contributed by atoms with Gasteiger partial charge >= 0.3 is 0 Å². The van der Waals surface area contributed by atoms with Crippen LogP contribution in [-0.2, 0) is 23.1 Å². The van der Waals surface area contributed by atoms with Crippen molar-refractivity contribution >= 4 is 21.1 Å². The second kappa shape index (κ2) is 4.87. The third-order valence-corrected chi connectivity index (χ3v) is 5.85. The zero-order valence-corrected chi connectivity index (χ0v) is 12.6. The Labute approximate surface area is 119 Å². The van der Waals surface area contributed by atoms with Gasteiger partial charge in [0.25, 0.3) is 10.2 Å². The zero-order chi connectivity index (χ0) is 14.3. The van der Waals surface area contributed by atoms with Crippen LogP contribution in [0.1, 0.15) is 11.3 Å². The van der Waals surface area contributed by atoms with Gasteiger partial charge in [0.2, 0.25) is 0 Å². The van der Waals surface area contributed by atoms with Crippen LogP contribution in [0.5, 0.6) is 0 Å². The summed E-state index contributed by atoms with van der Waals surface area (Å²) >= 11 is 0. The van der Waals surface area contributed by atoms with Crippen LogP contribution < -0.4 is 0 Å². The van der Waals surface area contributed by atoms with Gasteiger partial charge in [-0.05, 0) is 18.1 Å². The molecule has 3 rings (SSSR count). The Bertz CT molecular complexity index is 734. The van der Waals surface area contributed by atoms with Crippen molar-refractivity contribution < 1.29 is 8.42 Å². The molecular weight excluding hydrogens is 274 g/mol. The summed E-state index contributed by atoms with van der Waals surface area (Å²) in [7, 11) is -0.163. The fourth-order valence-corrected chi connectivity index (χ4v) is 3.91. The van der Waals surface area contributed by atoms with E-state index >= 15 is 0 Å². The van der Waals surface area contributed by atoms with E-state index in [1.54, 1.807) is 18.4 Å². The Kier molecular flexibility index (Phi) is 3.32. The summed E-state index contributed by atoms with van der Waals surface area (Å²) in [5, 5.41) is 1.21. The van der Waals surface area contributed by atoms with E-state index in [4.69, 9.17) is 0 Å². The fourth-order valence-electron chi connectivity index (χ4n) is 2.80. The smallest absolute Gasteiger partial charge is 0.281 e. The molecule has 0 saturated heterocycles. The lowest BCUT2D eigenvalue weighted by Gasteiger charge is -2.23. The molecule has 0 aliphatic carbocycles. The number of aromatic nitrogens is 1. The summed E-state index contributed by atoms with van der Waals surface area (Å²) in [6.45, 7) is 1.07. The fraction of sp³-hybridized carbons (Fsp3) is 0.429. The highest BCUT2D eigenvalue weighted by Gasteiger charge is 2.27. The molecule has 20 heavy (non-hydrogen) atoms. The highest BCUT2D eigenvalue weighted by molar-refractivity contribution is 7.86. The molecule has 108 valence electrons. The second-order valence-corrected chi connectivity index (χ2v) is 7.46. The number of H-pyrrole nitrogens is 1. The molecule has 0 amide bonds. The molecule has 0 saturated carbocycles. The number of fused-ring (bicyclic) bond motifs is 3. The summed E-state index contributed by atoms with van der Waals surface area (Å²) in [6, 6.07) is 8.20. The average molecular weight is 293 g/mol. The first kappa shape index (κ1) is 13.6. The standard InChI is InChI=1S/C14H19N3O2S/c1-16(2)20(18,19)17-9-7-12-11-5-3-4-6-13(11)15-14(12)8-10-17/h3-6,15H,7-10H2,1-2H3. The maximum Gasteiger partial charge on any atom is 0.281 e. The van der Waals surface area contributed by atoms with Crippen LogP contribution in [0.2, 0.25) is 0 Å². The molecule has 5 nitrogen and oxygen atoms in total. The summed E-state index contributed by atoms with van der Waals surface area (Å²) in [5.41, 5.74) is 3.57. The first-order valence-electron chi connectivity index (χ1n) is 6.76. The topological polar surface area (TPSA) is 56.4 Å². The van der Waals surface area contributed by atoms with Gasteiger partial charge in [0.1, 0.15) is 0 Å². The van der Waals surface area contributed by atoms with Crippen LogP contribution in [-0.4, -0.2) is 49.2 Å². The lowest BCUT2D eigenvalue weighted by atomic mass is 10.1. The van der Waals surface area contributed by atoms with Crippen LogP contribution >= 0.6 is 0 Å². The Morgan fingerprint density at radius 2 is 1.85 bits per heavy atom. The molecular formula is C14H19N3O2S. The normalized spacial score (nSPS) is 17.4. The minimum absolute atomic E-state index is 0.528. The van der Waals surface area contributed by atoms with Gasteiger partial charge < -0.3 is 4.98 Å². The SMILES string of the molecule is CN(C)S(=O)(=O)N1CCc2[nH]c3ccccc3c2CC1. The van der Waals surface area contributed by atoms with Crippen LogP contribution in [0.4, 0.5) is 0 Å². The lowest BCUT2D eigenvalue weighted by Crippen LogP contribution is -2.41. The highest BCUT2D eigenvalue weighted by atomic mass is 32.2. The van der Waals surface area contributed by atoms with Gasteiger partial charge in [-0.15, -0.1) is 0 Å². The average Bonchev–Trinajstić information content (AvgIpc) is 2.62. The maximum absolute atomic E-state index is 12.2. The molecule has 0 fully saturated rings. The predicted molar refractivity (Wildman–Crippen MR) is 79.9 cm³/mol. The van der Waals surface area contributed by atoms with E-state index in [0.29, 0.717) is 13.1 Å². The van der Waals surface area contributed by atoms with Crippen LogP contribution in [0, 0.1) is 0 Å². The van der Waals surface area contributed by atoms with Crippen molar-refractivity contribution in [2.45, 2.75) is 12.8 Å². The van der Waals surface area contributed by atoms with Gasteiger partial charge in [-0.1, -0.05) is 18.2 Å². The monoisotopic (exact) mass is 293 g/mol. The molecule has 0 bridgehead atoms. The van der Waals surface area contributed by atoms with Gasteiger partial charge in [-0.25, -0.2) is 0 Å². The molecule has 6 heteroatoms. The molecule has 1 N–H and O–H groups in total. The van der Waals surface area contributed by atoms with E-state index in [0.717, 1.165) is 18.4 Å². The number of rotatable bonds is 2. The van der Waals surface area contributed by atoms with Crippen molar-refractivity contribution in [3.8, 4) is 0 Å². The Balaban J connectivity index is 1.94. The maximum atomic E-state index is 12.2. The van der Waals surface area contributed by atoms with Gasteiger partial charge in [0.15, 0.2) is 0 Å². The van der Waals surface area contributed by atoms with Crippen molar-refractivity contribution in [2.24, 2.45) is 0 Å². The lowest BCUT2D eigenvalue weighted by molar-refractivity contribution is 0.385. The van der Waals surface area contributed by atoms with E-state index < -0.39 is 10.2 Å². The Morgan fingerprint density at radius 1 is 1.15 bits per heavy atom. The minimum atomic E-state index is -3.32. The van der Waals surface area contributed by atoms with E-state index in [1.807, 2.05) is 12.1 Å². The molecule has 1 aliphatic rings. The van der Waals surface area contributed by atoms with E-state index in [1.165, 1.54) is 20.9 Å². The van der Waals surface area contributed by atoms with Crippen molar-refractivity contribution in [3.63, 3.8) is 0 Å². The van der Waals surface area contributed by atoms with Crippen molar-refractivity contribution in [1.82, 2.24) is 13.6 Å². The number of benzene rings is 1. The molecule has 1 aromatic heterocycles. The van der Waals surface area contributed by atoms with Crippen molar-refractivity contribution in [2.75, 3.05) is 27.2 Å². The molecule has 0 atom stereocenters. The molecule has 0 unspecified atom stereocenters. The predicted octanol–water partition coefficient (Wildman–Crippen LogP) is 1.37. The number of hydrogen-bond donors (Lipinski definition) is 1. The number of nitrogens with one attached hydrogen (secondary N) is 1. The summed E-state index contributed by atoms with van der Waals surface area (Å²) in [4.78, 5) is 3.42. The molecule has 0 radical (unpaired) electrons. The van der Waals surface area contributed by atoms with Crippen LogP contribution in [0.25, 0.3) is 10.9 Å². The third-order valence-electron chi connectivity index (χ3n) is 3.91. The molecule has 2 aromatic rings. The first-order chi connectivity index (χ1) is 9.50. The van der Waals surface area contributed by atoms with Gasteiger partial charge in [-0.3, -0.25) is 0 Å². The van der Waals surface area contributed by atoms with Gasteiger partial charge in [0, 0.05) is 50.2 Å². The molecule has 2 heterocycles. The quantitative estimate of drug-likeness (QED) is 0.909. The Morgan fingerprint density at radius 3 is 2.60 bits per heavy atom. The molecule has 1 aromatic carbocycles. The number of nitrogens with zero attached hydrogens (tertiary/aromatic N) is 2. The van der Waals surface area contributed by atoms with E-state index in [-0.39, 0.29) is 0 Å². The summed E-state index contributed by atoms with van der Waals surface area (Å²) < 4.78 is 27.3. The largest absolute Gasteiger partial charge is 0.358 e. The molecule has 1 aliphatic heterocycles. The van der Waals surface area contributed by atoms with Crippen LogP contribution in [0.15, 0.2) is 24.3 Å². The minimum Gasteiger partial charge on any atom is -0.358 e. The Hall–Kier alpha value is -1.37. The number of aromatic amines is 1. The summed E-state index contributed by atoms with van der Waals surface area (Å²) in [5.74, 6) is 0. The highest BCUT2D eigenvalue weighted by Crippen LogP contribution is 2.26. The first-order valence-corrected chi connectivity index (χ1v) is 8.16. The zero-order valence-electron chi connectivity index (χ0n) is 11.8. The van der Waals surface area contributed by atoms with Crippen molar-refractivity contribution in [3.05, 3.63) is 35.5 Å². The van der Waals surface area contributed by atoms with E-state index in [2.05, 4.69) is 17.1 Å². The van der Waals surface area contributed by atoms with Gasteiger partial charge in [-0.2, -0.15) is 17.0 Å². The summed E-state index contributed by atoms with van der Waals surface area (Å²) in [6.07, 6.45) is 1.49. The molecule has 0 spiro atoms. The van der Waals surface area contributed by atoms with Crippen molar-refractivity contribution in [1.29, 1.82) is 0 Å². The number of hydrogen-bond acceptors (Lipinski definition) is 2. The van der Waals surface area contributed by atoms with Gasteiger partial charge in [0.05, 0.1) is 0 Å². The van der Waals surface area contributed by atoms with Crippen LogP contribution in [0.3, 0.4) is 0 Å². The third kappa shape index (κ3) is 2.13.